The minimum absolute atomic E-state index is 0.475. The van der Waals surface area contributed by atoms with Gasteiger partial charge in [0.05, 0.1) is 22.8 Å². The second kappa shape index (κ2) is 11.5. The van der Waals surface area contributed by atoms with E-state index in [2.05, 4.69) is 59.9 Å². The number of fused-ring (bicyclic) bond motifs is 8. The van der Waals surface area contributed by atoms with Gasteiger partial charge in [-0.25, -0.2) is 9.97 Å². The molecule has 2 N–H and O–H groups in total. The number of rotatable bonds is 4. The number of nitrogens with zero attached hydrogens (tertiary/aromatic N) is 2. The van der Waals surface area contributed by atoms with Gasteiger partial charge in [-0.15, -0.1) is 0 Å². The first-order valence-electron chi connectivity index (χ1n) is 12.0. The Morgan fingerprint density at radius 2 is 0.897 bits per heavy atom. The average molecular weight is 567 g/mol. The first-order valence-corrected chi connectivity index (χ1v) is 12.6. The zero-order chi connectivity index (χ0) is 27.4. The van der Waals surface area contributed by atoms with Crippen LogP contribution in [0, 0.1) is 0 Å². The molecule has 0 saturated heterocycles. The van der Waals surface area contributed by atoms with Crippen molar-refractivity contribution in [3.63, 3.8) is 0 Å². The summed E-state index contributed by atoms with van der Waals surface area (Å²) in [6.45, 7) is 0. The minimum atomic E-state index is 0.475. The predicted octanol–water partition coefficient (Wildman–Crippen LogP) is 5.55. The van der Waals surface area contributed by atoms with Gasteiger partial charge in [-0.3, -0.25) is 0 Å². The Bertz CT molecular complexity index is 1560. The van der Waals surface area contributed by atoms with E-state index in [1.807, 2.05) is 48.6 Å². The molecular formula is C30H27CoN4O4. The Balaban J connectivity index is 0.000000179. The summed E-state index contributed by atoms with van der Waals surface area (Å²) in [5.74, 6) is 2.05. The Morgan fingerprint density at radius 1 is 0.513 bits per heavy atom. The van der Waals surface area contributed by atoms with E-state index in [0.29, 0.717) is 27.5 Å². The molecule has 8 nitrogen and oxygen atoms in total. The van der Waals surface area contributed by atoms with Crippen LogP contribution in [0.25, 0.3) is 46.4 Å². The number of aromatic amines is 2. The maximum absolute atomic E-state index is 5.20. The summed E-state index contributed by atoms with van der Waals surface area (Å²) in [6, 6.07) is 18.1. The molecule has 3 aromatic heterocycles. The van der Waals surface area contributed by atoms with Crippen LogP contribution >= 0.6 is 0 Å². The van der Waals surface area contributed by atoms with Crippen molar-refractivity contribution in [3.8, 4) is 23.0 Å². The molecule has 8 bridgehead atoms. The van der Waals surface area contributed by atoms with E-state index in [4.69, 9.17) is 18.9 Å². The third-order valence-corrected chi connectivity index (χ3v) is 6.36. The molecule has 2 aliphatic heterocycles. The average Bonchev–Trinajstić information content (AvgIpc) is 3.74. The third kappa shape index (κ3) is 5.84. The van der Waals surface area contributed by atoms with Gasteiger partial charge in [-0.05, 0) is 72.8 Å². The number of H-pyrrole nitrogens is 2. The molecule has 1 aromatic carbocycles. The van der Waals surface area contributed by atoms with Crippen LogP contribution in [0.4, 0.5) is 0 Å². The molecule has 39 heavy (non-hydrogen) atoms. The van der Waals surface area contributed by atoms with Crippen LogP contribution in [0.2, 0.25) is 0 Å². The summed E-state index contributed by atoms with van der Waals surface area (Å²) in [5.41, 5.74) is 7.86. The van der Waals surface area contributed by atoms with Gasteiger partial charge in [0.1, 0.15) is 0 Å². The summed E-state index contributed by atoms with van der Waals surface area (Å²) < 4.78 is 21.3. The molecule has 2 aliphatic rings. The Kier molecular flexibility index (Phi) is 7.71. The topological polar surface area (TPSA) is 94.3 Å². The monoisotopic (exact) mass is 566 g/mol. The van der Waals surface area contributed by atoms with Gasteiger partial charge in [0.15, 0.2) is 0 Å². The number of ether oxygens (including phenoxy) is 4. The van der Waals surface area contributed by atoms with Crippen LogP contribution in [0.15, 0.2) is 54.6 Å². The van der Waals surface area contributed by atoms with Gasteiger partial charge >= 0.3 is 96.7 Å². The molecule has 0 spiro atoms. The number of hydrogen-bond acceptors (Lipinski definition) is 6. The summed E-state index contributed by atoms with van der Waals surface area (Å²) in [5, 5.41) is 0. The van der Waals surface area contributed by atoms with Crippen LogP contribution in [-0.2, 0) is 15.7 Å². The predicted molar refractivity (Wildman–Crippen MR) is 151 cm³/mol. The third-order valence-electron chi connectivity index (χ3n) is 5.97. The zero-order valence-corrected chi connectivity index (χ0v) is 22.9. The van der Waals surface area contributed by atoms with E-state index in [1.165, 1.54) is 14.2 Å². The van der Waals surface area contributed by atoms with E-state index in [9.17, 15) is 0 Å². The quantitative estimate of drug-likeness (QED) is 0.291. The van der Waals surface area contributed by atoms with Crippen LogP contribution in [0.1, 0.15) is 22.8 Å². The Hall–Kier alpha value is -4.47. The van der Waals surface area contributed by atoms with Gasteiger partial charge in [0.25, 0.3) is 0 Å². The van der Waals surface area contributed by atoms with Gasteiger partial charge < -0.3 is 9.97 Å². The van der Waals surface area contributed by atoms with E-state index in [0.717, 1.165) is 44.8 Å². The van der Waals surface area contributed by atoms with Gasteiger partial charge in [-0.2, -0.15) is 0 Å². The van der Waals surface area contributed by atoms with Gasteiger partial charge in [-0.1, -0.05) is 0 Å². The van der Waals surface area contributed by atoms with Crippen molar-refractivity contribution in [2.24, 2.45) is 0 Å². The van der Waals surface area contributed by atoms with Crippen molar-refractivity contribution >= 4 is 50.9 Å². The fourth-order valence-corrected chi connectivity index (χ4v) is 4.58. The van der Waals surface area contributed by atoms with E-state index in [1.54, 1.807) is 20.3 Å². The molecule has 0 fully saturated rings. The van der Waals surface area contributed by atoms with Crippen LogP contribution in [-0.4, -0.2) is 48.4 Å². The first kappa shape index (κ1) is 26.1. The van der Waals surface area contributed by atoms with Crippen molar-refractivity contribution in [2.75, 3.05) is 28.4 Å². The molecule has 0 amide bonds. The van der Waals surface area contributed by atoms with E-state index >= 15 is 0 Å². The van der Waals surface area contributed by atoms with Gasteiger partial charge in [0, 0.05) is 22.1 Å². The second-order valence-corrected chi connectivity index (χ2v) is 9.10. The number of nitrogens with one attached hydrogen (secondary N) is 2. The van der Waals surface area contributed by atoms with Gasteiger partial charge in [0.2, 0.25) is 0 Å². The molecule has 9 heteroatoms. The van der Waals surface area contributed by atoms with Crippen molar-refractivity contribution in [3.05, 3.63) is 77.4 Å². The Labute approximate surface area is 233 Å². The molecule has 0 aliphatic carbocycles. The summed E-state index contributed by atoms with van der Waals surface area (Å²) in [4.78, 5) is 16.0. The summed E-state index contributed by atoms with van der Waals surface area (Å²) in [6.07, 6.45) is 8.09. The van der Waals surface area contributed by atoms with Crippen LogP contribution in [0.5, 0.6) is 23.0 Å². The maximum atomic E-state index is 5.20. The number of hydrogen-bond donors (Lipinski definition) is 2. The first-order chi connectivity index (χ1) is 19.0. The summed E-state index contributed by atoms with van der Waals surface area (Å²) in [7, 11) is 6.17. The molecule has 5 heterocycles. The van der Waals surface area contributed by atoms with Crippen LogP contribution in [0.3, 0.4) is 0 Å². The molecule has 0 saturated carbocycles. The van der Waals surface area contributed by atoms with Crippen molar-refractivity contribution in [2.45, 2.75) is 0 Å². The fraction of sp³-hybridized carbons (Fsp3) is 0.133. The molecule has 200 valence electrons. The van der Waals surface area contributed by atoms with E-state index in [-0.39, 0.29) is 0 Å². The van der Waals surface area contributed by atoms with Crippen LogP contribution < -0.4 is 23.4 Å². The molecule has 0 atom stereocenters. The standard InChI is InChI=1S/C20H14N4.C10H13O4.Co/c1-2-14-10-16-5-6-18(23-16)12-20-8-7-19(24-20)11-17-4-3-15(22-17)9-13(1)21-14;1-11-7-5-6-8(12-2)10(14-4)9(7)13-3;/h1-12,21,24H;5H,1-4H3;. The molecule has 0 unspecified atom stereocenters. The normalized spacial score (nSPS) is 11.5. The fourth-order valence-electron chi connectivity index (χ4n) is 4.22. The SMILES string of the molecule is C1=Cc2cc3ccc(cc4nc(cc5ccc(cc1n2)[nH]5)C=C4)[nH]3.COc1c[c]([Co])c(OC)c(OC)c1OC. The van der Waals surface area contributed by atoms with Crippen molar-refractivity contribution < 1.29 is 34.7 Å². The molecular weight excluding hydrogens is 539 g/mol. The molecule has 6 rings (SSSR count). The second-order valence-electron chi connectivity index (χ2n) is 8.54. The molecule has 4 aromatic rings. The Morgan fingerprint density at radius 3 is 1.23 bits per heavy atom. The number of methoxy groups -OCH3 is 4. The van der Waals surface area contributed by atoms with E-state index < -0.39 is 0 Å². The molecule has 0 radical (unpaired) electrons. The number of aromatic nitrogens is 4. The van der Waals surface area contributed by atoms with Crippen molar-refractivity contribution in [1.82, 2.24) is 19.9 Å². The number of benzene rings is 1. The van der Waals surface area contributed by atoms with Crippen molar-refractivity contribution in [1.29, 1.82) is 0 Å². The zero-order valence-electron chi connectivity index (χ0n) is 21.9. The summed E-state index contributed by atoms with van der Waals surface area (Å²) >= 11 is 4.32.